The lowest BCUT2D eigenvalue weighted by molar-refractivity contribution is -0.117. The van der Waals surface area contributed by atoms with Gasteiger partial charge in [-0.15, -0.1) is 0 Å². The summed E-state index contributed by atoms with van der Waals surface area (Å²) < 4.78 is 0. The van der Waals surface area contributed by atoms with Gasteiger partial charge < -0.3 is 9.59 Å². The van der Waals surface area contributed by atoms with E-state index in [2.05, 4.69) is 38.1 Å². The Balaban J connectivity index is 0. The molecular weight excluding hydrogens is 356 g/mol. The van der Waals surface area contributed by atoms with Crippen molar-refractivity contribution >= 4 is 12.1 Å². The second-order valence-corrected chi connectivity index (χ2v) is 7.63. The number of aldehydes is 1. The number of aryl methyl sites for hydroxylation is 1. The van der Waals surface area contributed by atoms with E-state index in [1.54, 1.807) is 6.92 Å². The van der Waals surface area contributed by atoms with Crippen LogP contribution in [0.15, 0.2) is 30.3 Å². The molecule has 0 N–H and O–H groups in total. The Labute approximate surface area is 181 Å². The summed E-state index contributed by atoms with van der Waals surface area (Å²) in [6, 6.07) is 10.4. The molecule has 0 aromatic heterocycles. The van der Waals surface area contributed by atoms with Gasteiger partial charge in [-0.25, -0.2) is 0 Å². The van der Waals surface area contributed by atoms with Gasteiger partial charge in [0.2, 0.25) is 0 Å². The molecule has 2 unspecified atom stereocenters. The van der Waals surface area contributed by atoms with E-state index < -0.39 is 0 Å². The third-order valence-electron chi connectivity index (χ3n) is 5.34. The van der Waals surface area contributed by atoms with Gasteiger partial charge in [0.05, 0.1) is 0 Å². The molecule has 0 amide bonds. The minimum Gasteiger partial charge on any atom is -0.304 e. The zero-order valence-electron chi connectivity index (χ0n) is 20.2. The number of ketones is 1. The van der Waals surface area contributed by atoms with Crippen LogP contribution in [-0.4, -0.2) is 12.1 Å². The quantitative estimate of drug-likeness (QED) is 0.323. The summed E-state index contributed by atoms with van der Waals surface area (Å²) in [6.45, 7) is 11.8. The zero-order chi connectivity index (χ0) is 22.3. The Morgan fingerprint density at radius 3 is 2.03 bits per heavy atom. The summed E-state index contributed by atoms with van der Waals surface area (Å²) >= 11 is 0. The van der Waals surface area contributed by atoms with Crippen molar-refractivity contribution in [2.24, 2.45) is 11.8 Å². The van der Waals surface area contributed by atoms with Gasteiger partial charge in [-0.05, 0) is 50.5 Å². The molecule has 29 heavy (non-hydrogen) atoms. The third-order valence-corrected chi connectivity index (χ3v) is 5.34. The summed E-state index contributed by atoms with van der Waals surface area (Å²) in [5, 5.41) is 0. The lowest BCUT2D eigenvalue weighted by Crippen LogP contribution is -2.18. The molecule has 0 radical (unpaired) electrons. The fourth-order valence-corrected chi connectivity index (χ4v) is 3.92. The van der Waals surface area contributed by atoms with Crippen LogP contribution >= 0.6 is 0 Å². The van der Waals surface area contributed by atoms with Crippen molar-refractivity contribution < 1.29 is 9.59 Å². The molecule has 1 aromatic rings. The van der Waals surface area contributed by atoms with Gasteiger partial charge in [-0.2, -0.15) is 0 Å². The lowest BCUT2D eigenvalue weighted by Gasteiger charge is -2.30. The van der Waals surface area contributed by atoms with Gasteiger partial charge in [0.1, 0.15) is 12.1 Å². The highest BCUT2D eigenvalue weighted by atomic mass is 16.1. The van der Waals surface area contributed by atoms with Crippen LogP contribution in [0.2, 0.25) is 0 Å². The first-order valence-electron chi connectivity index (χ1n) is 12.0. The molecule has 1 aliphatic carbocycles. The Kier molecular flexibility index (Phi) is 23.4. The van der Waals surface area contributed by atoms with Crippen LogP contribution in [0.4, 0.5) is 0 Å². The molecule has 1 fully saturated rings. The molecule has 0 bridgehead atoms. The number of carbonyl (C=O) groups excluding carboxylic acids is 2. The number of benzene rings is 1. The minimum absolute atomic E-state index is 0.299. The SMILES string of the molecule is CC.CC(=O)CCCCc1ccccc1.CC=O.CCCC1CCCCC1CC. The molecule has 1 saturated carbocycles. The van der Waals surface area contributed by atoms with Crippen molar-refractivity contribution in [3.05, 3.63) is 35.9 Å². The maximum Gasteiger partial charge on any atom is 0.129 e. The van der Waals surface area contributed by atoms with Crippen LogP contribution in [0.5, 0.6) is 0 Å². The van der Waals surface area contributed by atoms with E-state index in [1.165, 1.54) is 57.4 Å². The fraction of sp³-hybridized carbons (Fsp3) is 0.704. The number of unbranched alkanes of at least 4 members (excludes halogenated alkanes) is 1. The average molecular weight is 405 g/mol. The van der Waals surface area contributed by atoms with Gasteiger partial charge in [0.15, 0.2) is 0 Å². The number of hydrogen-bond donors (Lipinski definition) is 0. The average Bonchev–Trinajstić information content (AvgIpc) is 2.75. The summed E-state index contributed by atoms with van der Waals surface area (Å²) in [4.78, 5) is 19.5. The lowest BCUT2D eigenvalue weighted by atomic mass is 9.76. The Morgan fingerprint density at radius 1 is 1.00 bits per heavy atom. The molecule has 1 aromatic carbocycles. The van der Waals surface area contributed by atoms with E-state index in [0.29, 0.717) is 5.78 Å². The van der Waals surface area contributed by atoms with Crippen molar-refractivity contribution in [3.8, 4) is 0 Å². The monoisotopic (exact) mass is 404 g/mol. The van der Waals surface area contributed by atoms with Crippen LogP contribution in [0.25, 0.3) is 0 Å². The Bertz CT molecular complexity index is 465. The molecule has 2 nitrogen and oxygen atoms in total. The molecule has 2 rings (SSSR count). The summed E-state index contributed by atoms with van der Waals surface area (Å²) in [6.07, 6.45) is 15.0. The van der Waals surface area contributed by atoms with Crippen molar-refractivity contribution in [2.45, 2.75) is 112 Å². The molecule has 0 saturated heterocycles. The maximum absolute atomic E-state index is 10.7. The number of carbonyl (C=O) groups is 2. The van der Waals surface area contributed by atoms with Crippen LogP contribution in [0, 0.1) is 11.8 Å². The maximum atomic E-state index is 10.7. The predicted molar refractivity (Wildman–Crippen MR) is 128 cm³/mol. The largest absolute Gasteiger partial charge is 0.304 e. The second kappa shape index (κ2) is 22.8. The number of rotatable bonds is 8. The highest BCUT2D eigenvalue weighted by Crippen LogP contribution is 2.34. The van der Waals surface area contributed by atoms with E-state index in [-0.39, 0.29) is 0 Å². The molecule has 0 heterocycles. The first-order valence-corrected chi connectivity index (χ1v) is 12.0. The predicted octanol–water partition coefficient (Wildman–Crippen LogP) is 8.22. The van der Waals surface area contributed by atoms with Gasteiger partial charge in [0.25, 0.3) is 0 Å². The first-order chi connectivity index (χ1) is 14.1. The number of hydrogen-bond acceptors (Lipinski definition) is 2. The van der Waals surface area contributed by atoms with Gasteiger partial charge in [0, 0.05) is 6.42 Å². The highest BCUT2D eigenvalue weighted by molar-refractivity contribution is 5.75. The fourth-order valence-electron chi connectivity index (χ4n) is 3.92. The molecule has 2 heteroatoms. The van der Waals surface area contributed by atoms with E-state index in [4.69, 9.17) is 4.79 Å². The van der Waals surface area contributed by atoms with E-state index >= 15 is 0 Å². The topological polar surface area (TPSA) is 34.1 Å². The molecule has 0 spiro atoms. The van der Waals surface area contributed by atoms with Gasteiger partial charge in [-0.3, -0.25) is 0 Å². The normalized spacial score (nSPS) is 17.3. The van der Waals surface area contributed by atoms with Crippen molar-refractivity contribution in [2.75, 3.05) is 0 Å². The molecule has 2 atom stereocenters. The van der Waals surface area contributed by atoms with Gasteiger partial charge in [-0.1, -0.05) is 103 Å². The highest BCUT2D eigenvalue weighted by Gasteiger charge is 2.22. The van der Waals surface area contributed by atoms with Gasteiger partial charge >= 0.3 is 0 Å². The van der Waals surface area contributed by atoms with Crippen molar-refractivity contribution in [1.82, 2.24) is 0 Å². The van der Waals surface area contributed by atoms with E-state index in [0.717, 1.165) is 43.8 Å². The Morgan fingerprint density at radius 2 is 1.55 bits per heavy atom. The van der Waals surface area contributed by atoms with Crippen LogP contribution in [0.3, 0.4) is 0 Å². The molecule has 168 valence electrons. The zero-order valence-corrected chi connectivity index (χ0v) is 20.2. The molecular formula is C27H48O2. The molecule has 1 aliphatic rings. The molecule has 0 aliphatic heterocycles. The minimum atomic E-state index is 0.299. The summed E-state index contributed by atoms with van der Waals surface area (Å²) in [7, 11) is 0. The standard InChI is InChI=1S/C12H16O.C11H22.C2H4O.C2H6/c1-11(13)7-5-6-10-12-8-3-2-4-9-12;1-3-7-11-9-6-5-8-10(11)4-2;1-2-3;1-2/h2-4,8-9H,5-7,10H2,1H3;10-11H,3-9H2,1-2H3;2H,1H3;1-2H3. The van der Waals surface area contributed by atoms with Crippen molar-refractivity contribution in [1.29, 1.82) is 0 Å². The van der Waals surface area contributed by atoms with E-state index in [9.17, 15) is 4.79 Å². The number of Topliss-reactive ketones (excluding diaryl/α,β-unsaturated/α-hetero) is 1. The van der Waals surface area contributed by atoms with Crippen LogP contribution in [-0.2, 0) is 16.0 Å². The first kappa shape index (κ1) is 29.8. The smallest absolute Gasteiger partial charge is 0.129 e. The third kappa shape index (κ3) is 18.3. The van der Waals surface area contributed by atoms with E-state index in [1.807, 2.05) is 19.9 Å². The van der Waals surface area contributed by atoms with Crippen LogP contribution in [0.1, 0.15) is 111 Å². The Hall–Kier alpha value is -1.44. The van der Waals surface area contributed by atoms with Crippen LogP contribution < -0.4 is 0 Å². The summed E-state index contributed by atoms with van der Waals surface area (Å²) in [5.74, 6) is 2.45. The second-order valence-electron chi connectivity index (χ2n) is 7.63. The van der Waals surface area contributed by atoms with Crippen molar-refractivity contribution in [3.63, 3.8) is 0 Å². The summed E-state index contributed by atoms with van der Waals surface area (Å²) in [5.41, 5.74) is 1.37.